The normalized spacial score (nSPS) is 10.5. The summed E-state index contributed by atoms with van der Waals surface area (Å²) < 4.78 is 6.45. The molecule has 1 heterocycles. The standard InChI is InChI=1S/C22H20N2O5/c1-2-29-21(25)14-7-16-5-10-18(11-6-16)23-15-3-4-20(22(23)26)17-8-12-19(13-9-17)24(27)28/h3-6,8-13,15H,2,7,14H2,1H3. The second kappa shape index (κ2) is 8.97. The number of esters is 1. The average molecular weight is 392 g/mol. The third kappa shape index (κ3) is 4.76. The highest BCUT2D eigenvalue weighted by molar-refractivity contribution is 5.69. The highest BCUT2D eigenvalue weighted by Gasteiger charge is 2.10. The molecule has 0 radical (unpaired) electrons. The molecule has 7 heteroatoms. The van der Waals surface area contributed by atoms with E-state index in [0.717, 1.165) is 5.56 Å². The van der Waals surface area contributed by atoms with Crippen molar-refractivity contribution >= 4 is 11.7 Å². The average Bonchev–Trinajstić information content (AvgIpc) is 2.73. The van der Waals surface area contributed by atoms with Crippen LogP contribution in [0.2, 0.25) is 0 Å². The van der Waals surface area contributed by atoms with Crippen LogP contribution in [-0.4, -0.2) is 22.1 Å². The summed E-state index contributed by atoms with van der Waals surface area (Å²) >= 11 is 0. The zero-order chi connectivity index (χ0) is 20.8. The second-order valence-electron chi connectivity index (χ2n) is 6.37. The van der Waals surface area contributed by atoms with Crippen LogP contribution in [0.15, 0.2) is 71.7 Å². The lowest BCUT2D eigenvalue weighted by atomic mass is 10.1. The summed E-state index contributed by atoms with van der Waals surface area (Å²) in [6, 6.07) is 16.7. The van der Waals surface area contributed by atoms with Crippen LogP contribution in [-0.2, 0) is 16.0 Å². The van der Waals surface area contributed by atoms with Gasteiger partial charge < -0.3 is 4.74 Å². The van der Waals surface area contributed by atoms with Crippen LogP contribution in [0.4, 0.5) is 5.69 Å². The van der Waals surface area contributed by atoms with E-state index in [1.54, 1.807) is 37.4 Å². The van der Waals surface area contributed by atoms with Gasteiger partial charge in [-0.1, -0.05) is 12.1 Å². The quantitative estimate of drug-likeness (QED) is 0.345. The molecule has 0 unspecified atom stereocenters. The van der Waals surface area contributed by atoms with Gasteiger partial charge in [0, 0.05) is 36.0 Å². The number of carbonyl (C=O) groups excluding carboxylic acids is 1. The summed E-state index contributed by atoms with van der Waals surface area (Å²) in [5, 5.41) is 10.8. The molecule has 0 amide bonds. The Bertz CT molecular complexity index is 1070. The number of aryl methyl sites for hydroxylation is 1. The van der Waals surface area contributed by atoms with Crippen LogP contribution < -0.4 is 5.56 Å². The van der Waals surface area contributed by atoms with Gasteiger partial charge in [0.25, 0.3) is 11.2 Å². The predicted octanol–water partition coefficient (Wildman–Crippen LogP) is 3.91. The molecule has 0 saturated carbocycles. The summed E-state index contributed by atoms with van der Waals surface area (Å²) in [5.41, 5.74) is 2.49. The first kappa shape index (κ1) is 20.0. The Balaban J connectivity index is 1.83. The minimum atomic E-state index is -0.476. The fourth-order valence-electron chi connectivity index (χ4n) is 2.98. The Morgan fingerprint density at radius 3 is 2.38 bits per heavy atom. The van der Waals surface area contributed by atoms with Crippen molar-refractivity contribution in [3.63, 3.8) is 0 Å². The molecule has 0 fully saturated rings. The molecule has 1 aromatic heterocycles. The van der Waals surface area contributed by atoms with Crippen molar-refractivity contribution in [2.24, 2.45) is 0 Å². The van der Waals surface area contributed by atoms with Crippen molar-refractivity contribution in [2.45, 2.75) is 19.8 Å². The summed E-state index contributed by atoms with van der Waals surface area (Å²) in [4.78, 5) is 34.7. The lowest BCUT2D eigenvalue weighted by molar-refractivity contribution is -0.384. The molecule has 0 aliphatic carbocycles. The topological polar surface area (TPSA) is 91.4 Å². The first-order chi connectivity index (χ1) is 14.0. The number of hydrogen-bond acceptors (Lipinski definition) is 5. The fourth-order valence-corrected chi connectivity index (χ4v) is 2.98. The van der Waals surface area contributed by atoms with Crippen LogP contribution in [0.1, 0.15) is 18.9 Å². The molecule has 0 spiro atoms. The number of ether oxygens (including phenoxy) is 1. The maximum Gasteiger partial charge on any atom is 0.306 e. The summed E-state index contributed by atoms with van der Waals surface area (Å²) in [5.74, 6) is -0.233. The number of rotatable bonds is 7. The van der Waals surface area contributed by atoms with Crippen molar-refractivity contribution < 1.29 is 14.5 Å². The Morgan fingerprint density at radius 2 is 1.76 bits per heavy atom. The minimum Gasteiger partial charge on any atom is -0.466 e. The molecular formula is C22H20N2O5. The molecule has 3 aromatic rings. The Kier molecular flexibility index (Phi) is 6.19. The Labute approximate surface area is 167 Å². The number of nitrogens with zero attached hydrogens (tertiary/aromatic N) is 2. The van der Waals surface area contributed by atoms with Gasteiger partial charge >= 0.3 is 5.97 Å². The van der Waals surface area contributed by atoms with Gasteiger partial charge in [0.1, 0.15) is 0 Å². The van der Waals surface area contributed by atoms with Gasteiger partial charge in [-0.05, 0) is 60.9 Å². The van der Waals surface area contributed by atoms with Gasteiger partial charge in [-0.15, -0.1) is 0 Å². The van der Waals surface area contributed by atoms with Gasteiger partial charge in [-0.2, -0.15) is 0 Å². The van der Waals surface area contributed by atoms with Gasteiger partial charge in [0.05, 0.1) is 11.5 Å². The molecule has 0 N–H and O–H groups in total. The monoisotopic (exact) mass is 392 g/mol. The molecule has 0 aliphatic heterocycles. The Morgan fingerprint density at radius 1 is 1.07 bits per heavy atom. The van der Waals surface area contributed by atoms with Crippen LogP contribution >= 0.6 is 0 Å². The van der Waals surface area contributed by atoms with E-state index in [2.05, 4.69) is 0 Å². The molecule has 29 heavy (non-hydrogen) atoms. The van der Waals surface area contributed by atoms with E-state index in [1.165, 1.54) is 16.7 Å². The number of benzene rings is 2. The largest absolute Gasteiger partial charge is 0.466 e. The lowest BCUT2D eigenvalue weighted by Crippen LogP contribution is -2.19. The minimum absolute atomic E-state index is 0.0246. The zero-order valence-corrected chi connectivity index (χ0v) is 15.9. The molecule has 0 bridgehead atoms. The summed E-state index contributed by atoms with van der Waals surface area (Å²) in [6.45, 7) is 2.14. The van der Waals surface area contributed by atoms with Crippen LogP contribution in [0.3, 0.4) is 0 Å². The summed E-state index contributed by atoms with van der Waals surface area (Å²) in [7, 11) is 0. The van der Waals surface area contributed by atoms with E-state index in [-0.39, 0.29) is 17.2 Å². The molecule has 148 valence electrons. The van der Waals surface area contributed by atoms with Gasteiger partial charge in [-0.25, -0.2) is 0 Å². The highest BCUT2D eigenvalue weighted by atomic mass is 16.6. The number of aromatic nitrogens is 1. The first-order valence-corrected chi connectivity index (χ1v) is 9.21. The maximum atomic E-state index is 12.9. The number of carbonyl (C=O) groups is 1. The van der Waals surface area contributed by atoms with E-state index >= 15 is 0 Å². The number of nitro groups is 1. The third-order valence-corrected chi connectivity index (χ3v) is 4.47. The SMILES string of the molecule is CCOC(=O)CCc1ccc(-n2cccc(-c3ccc([N+](=O)[O-])cc3)c2=O)cc1. The Hall–Kier alpha value is -3.74. The smallest absolute Gasteiger partial charge is 0.306 e. The van der Waals surface area contributed by atoms with Crippen molar-refractivity contribution in [3.05, 3.63) is 92.9 Å². The van der Waals surface area contributed by atoms with Crippen LogP contribution in [0.5, 0.6) is 0 Å². The molecule has 0 saturated heterocycles. The molecule has 7 nitrogen and oxygen atoms in total. The molecule has 0 aliphatic rings. The van der Waals surface area contributed by atoms with Gasteiger partial charge in [0.15, 0.2) is 0 Å². The molecule has 0 atom stereocenters. The van der Waals surface area contributed by atoms with Crippen LogP contribution in [0.25, 0.3) is 16.8 Å². The van der Waals surface area contributed by atoms with Crippen molar-refractivity contribution in [2.75, 3.05) is 6.61 Å². The van der Waals surface area contributed by atoms with E-state index in [0.29, 0.717) is 36.3 Å². The van der Waals surface area contributed by atoms with Crippen molar-refractivity contribution in [1.82, 2.24) is 4.57 Å². The molecule has 2 aromatic carbocycles. The van der Waals surface area contributed by atoms with Crippen LogP contribution in [0, 0.1) is 10.1 Å². The number of non-ortho nitro benzene ring substituents is 1. The number of pyridine rings is 1. The number of nitro benzene ring substituents is 1. The zero-order valence-electron chi connectivity index (χ0n) is 15.9. The van der Waals surface area contributed by atoms with E-state index in [4.69, 9.17) is 4.74 Å². The molecular weight excluding hydrogens is 372 g/mol. The first-order valence-electron chi connectivity index (χ1n) is 9.21. The van der Waals surface area contributed by atoms with Crippen molar-refractivity contribution in [3.8, 4) is 16.8 Å². The second-order valence-corrected chi connectivity index (χ2v) is 6.37. The highest BCUT2D eigenvalue weighted by Crippen LogP contribution is 2.20. The molecule has 3 rings (SSSR count). The fraction of sp³-hybridized carbons (Fsp3) is 0.182. The summed E-state index contributed by atoms with van der Waals surface area (Å²) in [6.07, 6.45) is 2.55. The third-order valence-electron chi connectivity index (χ3n) is 4.47. The van der Waals surface area contributed by atoms with E-state index in [1.807, 2.05) is 24.3 Å². The van der Waals surface area contributed by atoms with Gasteiger partial charge in [-0.3, -0.25) is 24.3 Å². The predicted molar refractivity (Wildman–Crippen MR) is 109 cm³/mol. The van der Waals surface area contributed by atoms with Crippen molar-refractivity contribution in [1.29, 1.82) is 0 Å². The van der Waals surface area contributed by atoms with E-state index in [9.17, 15) is 19.7 Å². The van der Waals surface area contributed by atoms with E-state index < -0.39 is 4.92 Å². The number of hydrogen-bond donors (Lipinski definition) is 0. The van der Waals surface area contributed by atoms with Gasteiger partial charge in [0.2, 0.25) is 0 Å². The lowest BCUT2D eigenvalue weighted by Gasteiger charge is -2.09. The maximum absolute atomic E-state index is 12.9.